The lowest BCUT2D eigenvalue weighted by Crippen LogP contribution is -2.12. The summed E-state index contributed by atoms with van der Waals surface area (Å²) in [6.07, 6.45) is 2.06. The Bertz CT molecular complexity index is 369. The van der Waals surface area contributed by atoms with Gasteiger partial charge in [-0.25, -0.2) is 0 Å². The second-order valence-electron chi connectivity index (χ2n) is 3.46. The summed E-state index contributed by atoms with van der Waals surface area (Å²) in [7, 11) is 1.70. The lowest BCUT2D eigenvalue weighted by Gasteiger charge is -2.16. The van der Waals surface area contributed by atoms with Crippen molar-refractivity contribution < 1.29 is 4.74 Å². The first-order chi connectivity index (χ1) is 6.85. The van der Waals surface area contributed by atoms with E-state index in [0.29, 0.717) is 0 Å². The van der Waals surface area contributed by atoms with Crippen LogP contribution in [0.25, 0.3) is 0 Å². The maximum Gasteiger partial charge on any atom is 0.119 e. The molecule has 0 aliphatic carbocycles. The van der Waals surface area contributed by atoms with Crippen molar-refractivity contribution in [2.75, 3.05) is 13.7 Å². The summed E-state index contributed by atoms with van der Waals surface area (Å²) in [5.74, 6) is 0.923. The molecule has 2 heteroatoms. The average Bonchev–Trinajstić information content (AvgIpc) is 2.27. The van der Waals surface area contributed by atoms with Crippen molar-refractivity contribution >= 4 is 5.71 Å². The van der Waals surface area contributed by atoms with Gasteiger partial charge in [0, 0.05) is 17.8 Å². The topological polar surface area (TPSA) is 21.6 Å². The van der Waals surface area contributed by atoms with Crippen LogP contribution in [0.3, 0.4) is 0 Å². The molecule has 0 unspecified atom stereocenters. The minimum Gasteiger partial charge on any atom is -0.497 e. The number of fused-ring (bicyclic) bond motifs is 1. The van der Waals surface area contributed by atoms with E-state index in [1.54, 1.807) is 7.11 Å². The van der Waals surface area contributed by atoms with E-state index in [2.05, 4.69) is 24.0 Å². The van der Waals surface area contributed by atoms with Gasteiger partial charge in [0.1, 0.15) is 5.75 Å². The van der Waals surface area contributed by atoms with Crippen molar-refractivity contribution in [3.8, 4) is 5.75 Å². The van der Waals surface area contributed by atoms with Gasteiger partial charge in [0.25, 0.3) is 0 Å². The molecule has 74 valence electrons. The van der Waals surface area contributed by atoms with Gasteiger partial charge in [0.2, 0.25) is 0 Å². The Morgan fingerprint density at radius 3 is 3.00 bits per heavy atom. The summed E-state index contributed by atoms with van der Waals surface area (Å²) < 4.78 is 5.22. The van der Waals surface area contributed by atoms with Crippen LogP contribution in [0.4, 0.5) is 0 Å². The molecule has 0 saturated heterocycles. The van der Waals surface area contributed by atoms with E-state index in [9.17, 15) is 0 Å². The van der Waals surface area contributed by atoms with Gasteiger partial charge in [-0.3, -0.25) is 4.99 Å². The van der Waals surface area contributed by atoms with E-state index < -0.39 is 0 Å². The molecule has 0 atom stereocenters. The molecule has 0 spiro atoms. The minimum atomic E-state index is 0.923. The molecule has 0 saturated carbocycles. The normalized spacial score (nSPS) is 14.6. The van der Waals surface area contributed by atoms with Crippen molar-refractivity contribution in [2.45, 2.75) is 19.8 Å². The Kier molecular flexibility index (Phi) is 2.53. The van der Waals surface area contributed by atoms with Gasteiger partial charge in [-0.05, 0) is 30.5 Å². The van der Waals surface area contributed by atoms with Crippen molar-refractivity contribution in [2.24, 2.45) is 4.99 Å². The van der Waals surface area contributed by atoms with Gasteiger partial charge in [0.05, 0.1) is 7.11 Å². The summed E-state index contributed by atoms with van der Waals surface area (Å²) in [5.41, 5.74) is 3.89. The zero-order chi connectivity index (χ0) is 9.97. The first-order valence-electron chi connectivity index (χ1n) is 5.05. The maximum absolute atomic E-state index is 5.22. The molecule has 1 aromatic carbocycles. The lowest BCUT2D eigenvalue weighted by atomic mass is 9.96. The van der Waals surface area contributed by atoms with Crippen LogP contribution in [-0.4, -0.2) is 19.4 Å². The van der Waals surface area contributed by atoms with E-state index in [1.165, 1.54) is 16.8 Å². The van der Waals surface area contributed by atoms with Crippen molar-refractivity contribution in [3.05, 3.63) is 29.3 Å². The van der Waals surface area contributed by atoms with E-state index in [0.717, 1.165) is 25.1 Å². The van der Waals surface area contributed by atoms with Crippen LogP contribution < -0.4 is 4.74 Å². The average molecular weight is 189 g/mol. The molecule has 1 aromatic rings. The summed E-state index contributed by atoms with van der Waals surface area (Å²) in [5, 5.41) is 0. The van der Waals surface area contributed by atoms with E-state index in [-0.39, 0.29) is 0 Å². The number of methoxy groups -OCH3 is 1. The Labute approximate surface area is 84.6 Å². The second kappa shape index (κ2) is 3.82. The molecule has 0 radical (unpaired) electrons. The number of ether oxygens (including phenoxy) is 1. The quantitative estimate of drug-likeness (QED) is 0.700. The van der Waals surface area contributed by atoms with Gasteiger partial charge in [-0.1, -0.05) is 13.0 Å². The number of rotatable bonds is 2. The highest BCUT2D eigenvalue weighted by Gasteiger charge is 2.12. The van der Waals surface area contributed by atoms with E-state index in [4.69, 9.17) is 4.74 Å². The summed E-state index contributed by atoms with van der Waals surface area (Å²) in [4.78, 5) is 4.53. The Hall–Kier alpha value is -1.31. The SMILES string of the molecule is CCC1=NCCc2ccc(OC)cc21. The fourth-order valence-electron chi connectivity index (χ4n) is 1.87. The third-order valence-corrected chi connectivity index (χ3v) is 2.65. The first kappa shape index (κ1) is 9.25. The van der Waals surface area contributed by atoms with Crippen LogP contribution in [0, 0.1) is 0 Å². The maximum atomic E-state index is 5.22. The Morgan fingerprint density at radius 2 is 2.29 bits per heavy atom. The molecule has 2 rings (SSSR count). The largest absolute Gasteiger partial charge is 0.497 e. The van der Waals surface area contributed by atoms with Crippen LogP contribution in [0.2, 0.25) is 0 Å². The molecular weight excluding hydrogens is 174 g/mol. The standard InChI is InChI=1S/C12H15NO/c1-3-12-11-8-10(14-2)5-4-9(11)6-7-13-12/h4-5,8H,3,6-7H2,1-2H3. The zero-order valence-electron chi connectivity index (χ0n) is 8.71. The number of nitrogens with zero attached hydrogens (tertiary/aromatic N) is 1. The second-order valence-corrected chi connectivity index (χ2v) is 3.46. The molecule has 1 aliphatic heterocycles. The molecule has 1 heterocycles. The molecule has 0 fully saturated rings. The molecular formula is C12H15NO. The highest BCUT2D eigenvalue weighted by molar-refractivity contribution is 6.02. The lowest BCUT2D eigenvalue weighted by molar-refractivity contribution is 0.414. The van der Waals surface area contributed by atoms with Crippen molar-refractivity contribution in [1.82, 2.24) is 0 Å². The molecule has 14 heavy (non-hydrogen) atoms. The molecule has 0 N–H and O–H groups in total. The fourth-order valence-corrected chi connectivity index (χ4v) is 1.87. The molecule has 0 amide bonds. The Balaban J connectivity index is 2.46. The van der Waals surface area contributed by atoms with Crippen LogP contribution >= 0.6 is 0 Å². The predicted molar refractivity (Wildman–Crippen MR) is 58.4 cm³/mol. The summed E-state index contributed by atoms with van der Waals surface area (Å²) in [6.45, 7) is 3.08. The highest BCUT2D eigenvalue weighted by atomic mass is 16.5. The number of hydrogen-bond donors (Lipinski definition) is 0. The van der Waals surface area contributed by atoms with E-state index >= 15 is 0 Å². The summed E-state index contributed by atoms with van der Waals surface area (Å²) in [6, 6.07) is 6.27. The predicted octanol–water partition coefficient (Wildman–Crippen LogP) is 2.45. The van der Waals surface area contributed by atoms with Crippen LogP contribution in [0.15, 0.2) is 23.2 Å². The number of benzene rings is 1. The zero-order valence-corrected chi connectivity index (χ0v) is 8.71. The smallest absolute Gasteiger partial charge is 0.119 e. The highest BCUT2D eigenvalue weighted by Crippen LogP contribution is 2.22. The number of hydrogen-bond acceptors (Lipinski definition) is 2. The van der Waals surface area contributed by atoms with E-state index in [1.807, 2.05) is 6.07 Å². The minimum absolute atomic E-state index is 0.923. The van der Waals surface area contributed by atoms with Gasteiger partial charge >= 0.3 is 0 Å². The molecule has 0 bridgehead atoms. The van der Waals surface area contributed by atoms with Crippen molar-refractivity contribution in [3.63, 3.8) is 0 Å². The molecule has 2 nitrogen and oxygen atoms in total. The third kappa shape index (κ3) is 1.52. The fraction of sp³-hybridized carbons (Fsp3) is 0.417. The van der Waals surface area contributed by atoms with Crippen LogP contribution in [0.1, 0.15) is 24.5 Å². The number of aliphatic imine (C=N–C) groups is 1. The molecule has 0 aromatic heterocycles. The first-order valence-corrected chi connectivity index (χ1v) is 5.05. The monoisotopic (exact) mass is 189 g/mol. The van der Waals surface area contributed by atoms with Gasteiger partial charge in [0.15, 0.2) is 0 Å². The Morgan fingerprint density at radius 1 is 1.43 bits per heavy atom. The van der Waals surface area contributed by atoms with Gasteiger partial charge in [-0.15, -0.1) is 0 Å². The third-order valence-electron chi connectivity index (χ3n) is 2.65. The molecule has 1 aliphatic rings. The van der Waals surface area contributed by atoms with Crippen LogP contribution in [-0.2, 0) is 6.42 Å². The van der Waals surface area contributed by atoms with Gasteiger partial charge in [-0.2, -0.15) is 0 Å². The van der Waals surface area contributed by atoms with Crippen molar-refractivity contribution in [1.29, 1.82) is 0 Å². The van der Waals surface area contributed by atoms with Gasteiger partial charge < -0.3 is 4.74 Å². The van der Waals surface area contributed by atoms with Crippen LogP contribution in [0.5, 0.6) is 5.75 Å². The summed E-state index contributed by atoms with van der Waals surface area (Å²) >= 11 is 0.